The summed E-state index contributed by atoms with van der Waals surface area (Å²) in [6.45, 7) is 1.79. The van der Waals surface area contributed by atoms with Crippen LogP contribution in [0.2, 0.25) is 0 Å². The molecule has 3 nitrogen and oxygen atoms in total. The number of carbonyl (C=O) groups is 1. The molecule has 0 aliphatic rings. The first kappa shape index (κ1) is 13.5. The first-order valence-corrected chi connectivity index (χ1v) is 6.39. The Hall–Kier alpha value is -1.88. The third-order valence-corrected chi connectivity index (χ3v) is 3.20. The van der Waals surface area contributed by atoms with Crippen molar-refractivity contribution in [3.8, 4) is 0 Å². The average Bonchev–Trinajstić information content (AvgIpc) is 2.36. The van der Waals surface area contributed by atoms with Crippen LogP contribution in [-0.2, 0) is 0 Å². The zero-order valence-corrected chi connectivity index (χ0v) is 11.8. The van der Waals surface area contributed by atoms with Crippen molar-refractivity contribution in [3.05, 3.63) is 57.8 Å². The third-order valence-electron chi connectivity index (χ3n) is 2.71. The van der Waals surface area contributed by atoms with Crippen LogP contribution in [0.5, 0.6) is 0 Å². The minimum atomic E-state index is -0.400. The summed E-state index contributed by atoms with van der Waals surface area (Å²) in [5.41, 5.74) is 7.69. The molecule has 0 aromatic heterocycles. The van der Waals surface area contributed by atoms with E-state index in [1.54, 1.807) is 31.2 Å². The van der Waals surface area contributed by atoms with E-state index in [-0.39, 0.29) is 5.91 Å². The quantitative estimate of drug-likeness (QED) is 0.828. The summed E-state index contributed by atoms with van der Waals surface area (Å²) in [7, 11) is 0. The first-order chi connectivity index (χ1) is 8.97. The van der Waals surface area contributed by atoms with Gasteiger partial charge in [0.1, 0.15) is 5.82 Å². The Morgan fingerprint density at radius 2 is 2.00 bits per heavy atom. The molecule has 2 aromatic carbocycles. The van der Waals surface area contributed by atoms with Crippen molar-refractivity contribution in [1.29, 1.82) is 0 Å². The smallest absolute Gasteiger partial charge is 0.257 e. The largest absolute Gasteiger partial charge is 0.398 e. The number of amides is 1. The van der Waals surface area contributed by atoms with Crippen molar-refractivity contribution in [2.75, 3.05) is 11.1 Å². The fraction of sp³-hybridized carbons (Fsp3) is 0.0714. The van der Waals surface area contributed by atoms with Crippen molar-refractivity contribution in [1.82, 2.24) is 0 Å². The van der Waals surface area contributed by atoms with Crippen LogP contribution in [0.25, 0.3) is 0 Å². The third kappa shape index (κ3) is 3.12. The van der Waals surface area contributed by atoms with E-state index in [0.29, 0.717) is 16.9 Å². The number of nitrogens with two attached hydrogens (primary N) is 1. The van der Waals surface area contributed by atoms with Gasteiger partial charge in [-0.25, -0.2) is 4.39 Å². The van der Waals surface area contributed by atoms with Gasteiger partial charge in [0.05, 0.1) is 5.56 Å². The maximum Gasteiger partial charge on any atom is 0.257 e. The second kappa shape index (κ2) is 5.40. The molecule has 0 aliphatic carbocycles. The molecule has 2 rings (SSSR count). The molecule has 0 heterocycles. The van der Waals surface area contributed by atoms with Crippen LogP contribution in [0.3, 0.4) is 0 Å². The second-order valence-electron chi connectivity index (χ2n) is 4.14. The van der Waals surface area contributed by atoms with Crippen LogP contribution < -0.4 is 11.1 Å². The lowest BCUT2D eigenvalue weighted by molar-refractivity contribution is 0.102. The first-order valence-electron chi connectivity index (χ1n) is 5.60. The number of nitrogen functional groups attached to an aromatic ring is 1. The molecular weight excluding hydrogens is 311 g/mol. The molecular formula is C14H12BrFN2O. The Labute approximate surface area is 118 Å². The molecule has 0 saturated carbocycles. The predicted molar refractivity (Wildman–Crippen MR) is 77.6 cm³/mol. The van der Waals surface area contributed by atoms with E-state index in [2.05, 4.69) is 21.2 Å². The number of anilines is 2. The standard InChI is InChI=1S/C14H12BrFN2O/c1-8-2-4-10(16)7-13(8)18-14(19)11-6-9(15)3-5-12(11)17/h2-7H,17H2,1H3,(H,18,19). The van der Waals surface area contributed by atoms with Crippen molar-refractivity contribution >= 4 is 33.2 Å². The number of halogens is 2. The van der Waals surface area contributed by atoms with Gasteiger partial charge in [0.2, 0.25) is 0 Å². The molecule has 19 heavy (non-hydrogen) atoms. The van der Waals surface area contributed by atoms with E-state index in [1.807, 2.05) is 0 Å². The maximum absolute atomic E-state index is 13.2. The fourth-order valence-electron chi connectivity index (χ4n) is 1.64. The lowest BCUT2D eigenvalue weighted by Crippen LogP contribution is -2.15. The zero-order valence-electron chi connectivity index (χ0n) is 10.2. The molecule has 98 valence electrons. The van der Waals surface area contributed by atoms with Gasteiger partial charge in [0, 0.05) is 15.8 Å². The highest BCUT2D eigenvalue weighted by Crippen LogP contribution is 2.21. The molecule has 0 bridgehead atoms. The summed E-state index contributed by atoms with van der Waals surface area (Å²) in [4.78, 5) is 12.1. The van der Waals surface area contributed by atoms with E-state index in [1.165, 1.54) is 12.1 Å². The van der Waals surface area contributed by atoms with Gasteiger partial charge in [0.25, 0.3) is 5.91 Å². The van der Waals surface area contributed by atoms with Crippen LogP contribution in [0.4, 0.5) is 15.8 Å². The van der Waals surface area contributed by atoms with E-state index in [9.17, 15) is 9.18 Å². The number of rotatable bonds is 2. The normalized spacial score (nSPS) is 10.3. The number of hydrogen-bond acceptors (Lipinski definition) is 2. The van der Waals surface area contributed by atoms with Crippen LogP contribution in [0, 0.1) is 12.7 Å². The lowest BCUT2D eigenvalue weighted by Gasteiger charge is -2.10. The minimum absolute atomic E-state index is 0.345. The number of hydrogen-bond donors (Lipinski definition) is 2. The average molecular weight is 323 g/mol. The Balaban J connectivity index is 2.30. The summed E-state index contributed by atoms with van der Waals surface area (Å²) >= 11 is 3.28. The van der Waals surface area contributed by atoms with Gasteiger partial charge in [-0.3, -0.25) is 4.79 Å². The van der Waals surface area contributed by atoms with Crippen molar-refractivity contribution in [2.24, 2.45) is 0 Å². The minimum Gasteiger partial charge on any atom is -0.398 e. The monoisotopic (exact) mass is 322 g/mol. The molecule has 0 radical (unpaired) electrons. The summed E-state index contributed by atoms with van der Waals surface area (Å²) in [6.07, 6.45) is 0. The number of nitrogens with one attached hydrogen (secondary N) is 1. The number of benzene rings is 2. The van der Waals surface area contributed by atoms with Crippen molar-refractivity contribution in [3.63, 3.8) is 0 Å². The van der Waals surface area contributed by atoms with E-state index in [0.717, 1.165) is 10.0 Å². The van der Waals surface area contributed by atoms with Gasteiger partial charge in [-0.05, 0) is 42.8 Å². The fourth-order valence-corrected chi connectivity index (χ4v) is 2.00. The molecule has 0 unspecified atom stereocenters. The van der Waals surface area contributed by atoms with Gasteiger partial charge in [-0.1, -0.05) is 22.0 Å². The highest BCUT2D eigenvalue weighted by molar-refractivity contribution is 9.10. The van der Waals surface area contributed by atoms with Crippen molar-refractivity contribution in [2.45, 2.75) is 6.92 Å². The summed E-state index contributed by atoms with van der Waals surface area (Å²) in [6, 6.07) is 9.24. The number of aryl methyl sites for hydroxylation is 1. The van der Waals surface area contributed by atoms with E-state index in [4.69, 9.17) is 5.73 Å². The van der Waals surface area contributed by atoms with Gasteiger partial charge in [0.15, 0.2) is 0 Å². The van der Waals surface area contributed by atoms with Crippen LogP contribution >= 0.6 is 15.9 Å². The Kier molecular flexibility index (Phi) is 3.85. The SMILES string of the molecule is Cc1ccc(F)cc1NC(=O)c1cc(Br)ccc1N. The highest BCUT2D eigenvalue weighted by atomic mass is 79.9. The van der Waals surface area contributed by atoms with Gasteiger partial charge >= 0.3 is 0 Å². The number of carbonyl (C=O) groups excluding carboxylic acids is 1. The Morgan fingerprint density at radius 3 is 2.74 bits per heavy atom. The van der Waals surface area contributed by atoms with Crippen LogP contribution in [0.15, 0.2) is 40.9 Å². The Bertz CT molecular complexity index is 643. The topological polar surface area (TPSA) is 55.1 Å². The van der Waals surface area contributed by atoms with Crippen molar-refractivity contribution < 1.29 is 9.18 Å². The Morgan fingerprint density at radius 1 is 1.26 bits per heavy atom. The molecule has 5 heteroatoms. The van der Waals surface area contributed by atoms with Crippen LogP contribution in [0.1, 0.15) is 15.9 Å². The van der Waals surface area contributed by atoms with Gasteiger partial charge < -0.3 is 11.1 Å². The molecule has 2 aromatic rings. The molecule has 0 aliphatic heterocycles. The zero-order chi connectivity index (χ0) is 14.0. The lowest BCUT2D eigenvalue weighted by atomic mass is 10.1. The summed E-state index contributed by atoms with van der Waals surface area (Å²) in [5, 5.41) is 2.66. The maximum atomic E-state index is 13.2. The van der Waals surface area contributed by atoms with Crippen LogP contribution in [-0.4, -0.2) is 5.91 Å². The highest BCUT2D eigenvalue weighted by Gasteiger charge is 2.12. The molecule has 3 N–H and O–H groups in total. The molecule has 1 amide bonds. The summed E-state index contributed by atoms with van der Waals surface area (Å²) in [5.74, 6) is -0.768. The van der Waals surface area contributed by atoms with E-state index >= 15 is 0 Å². The molecule has 0 saturated heterocycles. The summed E-state index contributed by atoms with van der Waals surface area (Å²) < 4.78 is 13.9. The molecule has 0 atom stereocenters. The predicted octanol–water partition coefficient (Wildman–Crippen LogP) is 3.73. The van der Waals surface area contributed by atoms with E-state index < -0.39 is 5.82 Å². The molecule has 0 fully saturated rings. The molecule has 0 spiro atoms. The van der Waals surface area contributed by atoms with Gasteiger partial charge in [-0.2, -0.15) is 0 Å². The second-order valence-corrected chi connectivity index (χ2v) is 5.06. The van der Waals surface area contributed by atoms with Gasteiger partial charge in [-0.15, -0.1) is 0 Å².